The van der Waals surface area contributed by atoms with Crippen molar-refractivity contribution in [1.29, 1.82) is 0 Å². The van der Waals surface area contributed by atoms with Gasteiger partial charge in [0.05, 0.1) is 0 Å². The second-order valence-electron chi connectivity index (χ2n) is 13.8. The fourth-order valence-electron chi connectivity index (χ4n) is 6.12. The molecule has 0 spiro atoms. The number of allylic oxidation sites excluding steroid dienone is 21. The molecule has 0 amide bonds. The lowest BCUT2D eigenvalue weighted by Gasteiger charge is -2.36. The van der Waals surface area contributed by atoms with Crippen molar-refractivity contribution >= 4 is 0 Å². The lowest BCUT2D eigenvalue weighted by atomic mass is 9.71. The van der Waals surface area contributed by atoms with Gasteiger partial charge in [-0.2, -0.15) is 0 Å². The zero-order chi connectivity index (χ0) is 32.9. The van der Waals surface area contributed by atoms with Crippen LogP contribution in [0.1, 0.15) is 101 Å². The number of rotatable bonds is 12. The van der Waals surface area contributed by atoms with Crippen molar-refractivity contribution in [2.75, 3.05) is 0 Å². The van der Waals surface area contributed by atoms with Gasteiger partial charge >= 0.3 is 0 Å². The van der Waals surface area contributed by atoms with Crippen LogP contribution in [-0.4, -0.2) is 11.2 Å². The minimum absolute atomic E-state index is 0.180. The van der Waals surface area contributed by atoms with E-state index in [1.807, 2.05) is 6.92 Å². The Kier molecular flexibility index (Phi) is 14.1. The van der Waals surface area contributed by atoms with Crippen LogP contribution in [-0.2, 0) is 4.84 Å². The van der Waals surface area contributed by atoms with Crippen LogP contribution in [0.4, 0.5) is 0 Å². The second kappa shape index (κ2) is 17.0. The largest absolute Gasteiger partial charge is 0.310 e. The van der Waals surface area contributed by atoms with Gasteiger partial charge in [-0.15, -0.1) is 10.1 Å². The van der Waals surface area contributed by atoms with E-state index in [0.29, 0.717) is 12.8 Å². The summed E-state index contributed by atoms with van der Waals surface area (Å²) in [6.07, 6.45) is 34.5. The lowest BCUT2D eigenvalue weighted by molar-refractivity contribution is -0.769. The molecule has 0 saturated carbocycles. The topological polar surface area (TPSA) is 52.4 Å². The standard InChI is InChI=1S/C40H55NO3/c1-30(18-13-20-32(3)23-25-37-34(5)22-15-27-39(37,7)8)16-11-12-17-31(2)19-14-21-33(4)24-26-38-35(6)28-36(44-41(42)43)29-40(38,9)10/h11-14,16-21,23-26,36H,15,22,27-29H2,1-10H3/b12-11+,18-13+,19-14+,25-23+,26-24+,30-16+,31-17+,32-20+,33-21+/t36-/m1/s1. The zero-order valence-electron chi connectivity index (χ0n) is 28.9. The van der Waals surface area contributed by atoms with Crippen LogP contribution < -0.4 is 0 Å². The summed E-state index contributed by atoms with van der Waals surface area (Å²) in [5.41, 5.74) is 10.2. The van der Waals surface area contributed by atoms with Gasteiger partial charge in [0.15, 0.2) is 0 Å². The molecule has 4 heteroatoms. The van der Waals surface area contributed by atoms with E-state index >= 15 is 0 Å². The summed E-state index contributed by atoms with van der Waals surface area (Å²) in [5.74, 6) is 0. The second-order valence-corrected chi connectivity index (χ2v) is 13.8. The summed E-state index contributed by atoms with van der Waals surface area (Å²) < 4.78 is 0. The van der Waals surface area contributed by atoms with Gasteiger partial charge in [-0.3, -0.25) is 0 Å². The van der Waals surface area contributed by atoms with Crippen molar-refractivity contribution in [3.63, 3.8) is 0 Å². The molecule has 0 saturated heterocycles. The summed E-state index contributed by atoms with van der Waals surface area (Å²) in [6, 6.07) is 0. The maximum absolute atomic E-state index is 10.8. The molecular formula is C40H55NO3. The smallest absolute Gasteiger partial charge is 0.294 e. The number of hydrogen-bond donors (Lipinski definition) is 0. The molecule has 0 unspecified atom stereocenters. The molecule has 44 heavy (non-hydrogen) atoms. The van der Waals surface area contributed by atoms with E-state index in [1.54, 1.807) is 0 Å². The Balaban J connectivity index is 1.91. The molecule has 2 aliphatic rings. The molecule has 1 atom stereocenters. The Morgan fingerprint density at radius 1 is 0.727 bits per heavy atom. The van der Waals surface area contributed by atoms with E-state index in [4.69, 9.17) is 4.84 Å². The predicted molar refractivity (Wildman–Crippen MR) is 189 cm³/mol. The third-order valence-corrected chi connectivity index (χ3v) is 8.53. The quantitative estimate of drug-likeness (QED) is 0.128. The van der Waals surface area contributed by atoms with Crippen LogP contribution >= 0.6 is 0 Å². The van der Waals surface area contributed by atoms with Crippen LogP contribution in [0.2, 0.25) is 0 Å². The average Bonchev–Trinajstić information content (AvgIpc) is 2.89. The minimum Gasteiger partial charge on any atom is -0.310 e. The Labute approximate surface area is 267 Å². The van der Waals surface area contributed by atoms with E-state index in [0.717, 1.165) is 16.7 Å². The fourth-order valence-corrected chi connectivity index (χ4v) is 6.12. The van der Waals surface area contributed by atoms with E-state index in [2.05, 4.69) is 147 Å². The Morgan fingerprint density at radius 3 is 1.64 bits per heavy atom. The van der Waals surface area contributed by atoms with Crippen LogP contribution in [0.5, 0.6) is 0 Å². The average molecular weight is 598 g/mol. The molecule has 2 aliphatic carbocycles. The number of nitrogens with zero attached hydrogens (tertiary/aromatic N) is 1. The SMILES string of the molecule is CC1=C(/C=C/C(C)=C/C=C/C(C)=C/C=C/C=C(C)/C=C/C=C(C)/C=C/C2=C(C)C[C@@H](O[N+](=O)[O-])CC2(C)C)C(C)(C)CCC1. The van der Waals surface area contributed by atoms with Crippen LogP contribution in [0.3, 0.4) is 0 Å². The summed E-state index contributed by atoms with van der Waals surface area (Å²) in [5, 5.41) is 10.1. The van der Waals surface area contributed by atoms with Crippen molar-refractivity contribution in [3.8, 4) is 0 Å². The monoisotopic (exact) mass is 597 g/mol. The Bertz CT molecular complexity index is 1380. The van der Waals surface area contributed by atoms with Crippen molar-refractivity contribution in [3.05, 3.63) is 140 Å². The normalized spacial score (nSPS) is 22.5. The molecule has 0 bridgehead atoms. The molecule has 0 aromatic heterocycles. The first-order valence-corrected chi connectivity index (χ1v) is 15.9. The van der Waals surface area contributed by atoms with Gasteiger partial charge in [-0.05, 0) is 95.6 Å². The molecule has 238 valence electrons. The first kappa shape index (κ1) is 36.5. The van der Waals surface area contributed by atoms with Gasteiger partial charge in [0.2, 0.25) is 0 Å². The Morgan fingerprint density at radius 2 is 1.18 bits per heavy atom. The summed E-state index contributed by atoms with van der Waals surface area (Å²) in [7, 11) is 0. The van der Waals surface area contributed by atoms with Gasteiger partial charge in [0.1, 0.15) is 6.10 Å². The molecule has 0 aliphatic heterocycles. The first-order chi connectivity index (χ1) is 20.6. The fraction of sp³-hybridized carbons (Fsp3) is 0.450. The molecule has 0 radical (unpaired) electrons. The summed E-state index contributed by atoms with van der Waals surface area (Å²) >= 11 is 0. The highest BCUT2D eigenvalue weighted by molar-refractivity contribution is 5.39. The zero-order valence-corrected chi connectivity index (χ0v) is 28.9. The molecule has 2 rings (SSSR count). The predicted octanol–water partition coefficient (Wildman–Crippen LogP) is 11.8. The van der Waals surface area contributed by atoms with Crippen molar-refractivity contribution < 1.29 is 9.92 Å². The Hall–Kier alpha value is -3.66. The molecule has 0 fully saturated rings. The van der Waals surface area contributed by atoms with E-state index in [1.165, 1.54) is 47.1 Å². The van der Waals surface area contributed by atoms with E-state index in [9.17, 15) is 10.1 Å². The lowest BCUT2D eigenvalue weighted by Crippen LogP contribution is -2.31. The molecule has 0 heterocycles. The van der Waals surface area contributed by atoms with Gasteiger partial charge in [0.25, 0.3) is 5.09 Å². The number of hydrogen-bond acceptors (Lipinski definition) is 3. The van der Waals surface area contributed by atoms with Gasteiger partial charge in [0, 0.05) is 0 Å². The molecular weight excluding hydrogens is 542 g/mol. The highest BCUT2D eigenvalue weighted by atomic mass is 17.0. The molecule has 4 nitrogen and oxygen atoms in total. The summed E-state index contributed by atoms with van der Waals surface area (Å²) in [6.45, 7) is 21.7. The van der Waals surface area contributed by atoms with Crippen molar-refractivity contribution in [2.45, 2.75) is 107 Å². The van der Waals surface area contributed by atoms with E-state index in [-0.39, 0.29) is 16.9 Å². The van der Waals surface area contributed by atoms with Crippen LogP contribution in [0.25, 0.3) is 0 Å². The minimum atomic E-state index is -0.674. The van der Waals surface area contributed by atoms with Gasteiger partial charge in [-0.1, -0.05) is 146 Å². The molecule has 0 aromatic carbocycles. The maximum atomic E-state index is 10.8. The highest BCUT2D eigenvalue weighted by Crippen LogP contribution is 2.42. The van der Waals surface area contributed by atoms with Crippen molar-refractivity contribution in [1.82, 2.24) is 0 Å². The first-order valence-electron chi connectivity index (χ1n) is 15.9. The van der Waals surface area contributed by atoms with Crippen LogP contribution in [0, 0.1) is 20.9 Å². The van der Waals surface area contributed by atoms with Gasteiger partial charge < -0.3 is 4.84 Å². The maximum Gasteiger partial charge on any atom is 0.294 e. The third kappa shape index (κ3) is 12.5. The third-order valence-electron chi connectivity index (χ3n) is 8.53. The summed E-state index contributed by atoms with van der Waals surface area (Å²) in [4.78, 5) is 15.6. The highest BCUT2D eigenvalue weighted by Gasteiger charge is 2.34. The van der Waals surface area contributed by atoms with Crippen molar-refractivity contribution in [2.24, 2.45) is 10.8 Å². The molecule has 0 N–H and O–H groups in total. The molecule has 0 aromatic rings. The van der Waals surface area contributed by atoms with Gasteiger partial charge in [-0.25, -0.2) is 0 Å². The van der Waals surface area contributed by atoms with E-state index < -0.39 is 5.09 Å². The van der Waals surface area contributed by atoms with Crippen LogP contribution in [0.15, 0.2) is 130 Å².